The molecule has 2 rings (SSSR count). The molecule has 1 fully saturated rings. The molecule has 1 aliphatic rings. The van der Waals surface area contributed by atoms with Gasteiger partial charge in [0.25, 0.3) is 0 Å². The molecule has 0 aliphatic carbocycles. The zero-order valence-corrected chi connectivity index (χ0v) is 8.27. The molecule has 1 aromatic heterocycles. The van der Waals surface area contributed by atoms with Crippen molar-refractivity contribution >= 4 is 0 Å². The molecule has 4 heteroatoms. The van der Waals surface area contributed by atoms with Crippen LogP contribution in [0.5, 0.6) is 5.88 Å². The fourth-order valence-electron chi connectivity index (χ4n) is 1.46. The average molecular weight is 194 g/mol. The molecule has 0 bridgehead atoms. The van der Waals surface area contributed by atoms with Crippen LogP contribution in [0.3, 0.4) is 0 Å². The average Bonchev–Trinajstić information content (AvgIpc) is 2.23. The Balaban J connectivity index is 1.99. The minimum atomic E-state index is 0.235. The van der Waals surface area contributed by atoms with E-state index in [4.69, 9.17) is 9.47 Å². The summed E-state index contributed by atoms with van der Waals surface area (Å²) in [6.07, 6.45) is 5.44. The maximum Gasteiger partial charge on any atom is 0.235 e. The fraction of sp³-hybridized carbons (Fsp3) is 0.600. The van der Waals surface area contributed by atoms with Gasteiger partial charge in [0.2, 0.25) is 5.88 Å². The van der Waals surface area contributed by atoms with E-state index in [1.807, 2.05) is 6.92 Å². The number of aryl methyl sites for hydroxylation is 1. The minimum Gasteiger partial charge on any atom is -0.473 e. The van der Waals surface area contributed by atoms with Gasteiger partial charge < -0.3 is 9.47 Å². The third kappa shape index (κ3) is 2.20. The second-order valence-corrected chi connectivity index (χ2v) is 3.38. The highest BCUT2D eigenvalue weighted by atomic mass is 16.5. The monoisotopic (exact) mass is 194 g/mol. The Bertz CT molecular complexity index is 298. The van der Waals surface area contributed by atoms with Crippen LogP contribution in [0.15, 0.2) is 12.4 Å². The molecule has 0 atom stereocenters. The largest absolute Gasteiger partial charge is 0.473 e. The van der Waals surface area contributed by atoms with Crippen LogP contribution in [0, 0.1) is 6.92 Å². The molecular formula is C10H14N2O2. The van der Waals surface area contributed by atoms with E-state index in [2.05, 4.69) is 9.97 Å². The predicted molar refractivity (Wildman–Crippen MR) is 51.2 cm³/mol. The molecule has 0 aromatic carbocycles. The second-order valence-electron chi connectivity index (χ2n) is 3.38. The summed E-state index contributed by atoms with van der Waals surface area (Å²) in [4.78, 5) is 8.27. The number of rotatable bonds is 2. The summed E-state index contributed by atoms with van der Waals surface area (Å²) in [5.74, 6) is 0.652. The molecule has 2 heterocycles. The molecule has 0 radical (unpaired) electrons. The molecule has 14 heavy (non-hydrogen) atoms. The van der Waals surface area contributed by atoms with Gasteiger partial charge in [-0.3, -0.25) is 4.98 Å². The van der Waals surface area contributed by atoms with E-state index in [9.17, 15) is 0 Å². The first kappa shape index (κ1) is 9.40. The molecule has 1 aliphatic heterocycles. The van der Waals surface area contributed by atoms with Crippen molar-refractivity contribution in [3.8, 4) is 5.88 Å². The Hall–Kier alpha value is -1.16. The van der Waals surface area contributed by atoms with Gasteiger partial charge in [-0.1, -0.05) is 0 Å². The van der Waals surface area contributed by atoms with Crippen LogP contribution < -0.4 is 4.74 Å². The smallest absolute Gasteiger partial charge is 0.235 e. The zero-order chi connectivity index (χ0) is 9.80. The molecule has 0 saturated carbocycles. The maximum atomic E-state index is 5.73. The predicted octanol–water partition coefficient (Wildman–Crippen LogP) is 1.34. The van der Waals surface area contributed by atoms with Gasteiger partial charge in [0, 0.05) is 25.2 Å². The molecule has 1 saturated heterocycles. The normalized spacial score (nSPS) is 18.1. The number of aromatic nitrogens is 2. The molecular weight excluding hydrogens is 180 g/mol. The van der Waals surface area contributed by atoms with Crippen LogP contribution in [0.2, 0.25) is 0 Å². The molecule has 1 aromatic rings. The molecule has 0 amide bonds. The van der Waals surface area contributed by atoms with Crippen LogP contribution in [0.25, 0.3) is 0 Å². The van der Waals surface area contributed by atoms with Crippen molar-refractivity contribution in [2.24, 2.45) is 0 Å². The summed E-state index contributed by atoms with van der Waals surface area (Å²) >= 11 is 0. The van der Waals surface area contributed by atoms with E-state index < -0.39 is 0 Å². The highest BCUT2D eigenvalue weighted by molar-refractivity contribution is 5.15. The third-order valence-corrected chi connectivity index (χ3v) is 2.28. The number of nitrogens with zero attached hydrogens (tertiary/aromatic N) is 2. The van der Waals surface area contributed by atoms with Gasteiger partial charge in [0.05, 0.1) is 18.9 Å². The summed E-state index contributed by atoms with van der Waals surface area (Å²) < 4.78 is 11.0. The first-order valence-corrected chi connectivity index (χ1v) is 4.88. The van der Waals surface area contributed by atoms with E-state index >= 15 is 0 Å². The van der Waals surface area contributed by atoms with Crippen molar-refractivity contribution in [1.29, 1.82) is 0 Å². The van der Waals surface area contributed by atoms with Gasteiger partial charge in [-0.25, -0.2) is 4.98 Å². The van der Waals surface area contributed by atoms with Crippen molar-refractivity contribution in [2.75, 3.05) is 13.2 Å². The summed E-state index contributed by atoms with van der Waals surface area (Å²) in [7, 11) is 0. The third-order valence-electron chi connectivity index (χ3n) is 2.28. The van der Waals surface area contributed by atoms with E-state index in [0.29, 0.717) is 5.88 Å². The van der Waals surface area contributed by atoms with Crippen LogP contribution in [0.4, 0.5) is 0 Å². The van der Waals surface area contributed by atoms with Crippen LogP contribution in [-0.2, 0) is 4.74 Å². The van der Waals surface area contributed by atoms with Crippen molar-refractivity contribution in [3.63, 3.8) is 0 Å². The molecule has 0 N–H and O–H groups in total. The van der Waals surface area contributed by atoms with Crippen LogP contribution >= 0.6 is 0 Å². The van der Waals surface area contributed by atoms with E-state index in [1.54, 1.807) is 12.4 Å². The molecule has 4 nitrogen and oxygen atoms in total. The van der Waals surface area contributed by atoms with Gasteiger partial charge in [-0.05, 0) is 6.92 Å². The van der Waals surface area contributed by atoms with Gasteiger partial charge in [-0.2, -0.15) is 0 Å². The fourth-order valence-corrected chi connectivity index (χ4v) is 1.46. The Morgan fingerprint density at radius 1 is 1.29 bits per heavy atom. The lowest BCUT2D eigenvalue weighted by molar-refractivity contribution is 0.0232. The van der Waals surface area contributed by atoms with Gasteiger partial charge in [0.1, 0.15) is 6.10 Å². The number of ether oxygens (including phenoxy) is 2. The number of hydrogen-bond acceptors (Lipinski definition) is 4. The number of hydrogen-bond donors (Lipinski definition) is 0. The molecule has 76 valence electrons. The van der Waals surface area contributed by atoms with Crippen molar-refractivity contribution in [3.05, 3.63) is 18.1 Å². The zero-order valence-electron chi connectivity index (χ0n) is 8.27. The standard InChI is InChI=1S/C10H14N2O2/c1-8-10(12-5-4-11-8)14-9-2-6-13-7-3-9/h4-5,9H,2-3,6-7H2,1H3. The van der Waals surface area contributed by atoms with Crippen molar-refractivity contribution in [2.45, 2.75) is 25.9 Å². The quantitative estimate of drug-likeness (QED) is 0.712. The SMILES string of the molecule is Cc1nccnc1OC1CCOCC1. The van der Waals surface area contributed by atoms with E-state index in [1.165, 1.54) is 0 Å². The summed E-state index contributed by atoms with van der Waals surface area (Å²) in [5, 5.41) is 0. The van der Waals surface area contributed by atoms with Crippen LogP contribution in [-0.4, -0.2) is 29.3 Å². The topological polar surface area (TPSA) is 44.2 Å². The maximum absolute atomic E-state index is 5.73. The Morgan fingerprint density at radius 3 is 2.71 bits per heavy atom. The molecule has 0 unspecified atom stereocenters. The lowest BCUT2D eigenvalue weighted by atomic mass is 10.1. The van der Waals surface area contributed by atoms with Gasteiger partial charge >= 0.3 is 0 Å². The second kappa shape index (κ2) is 4.37. The first-order valence-electron chi connectivity index (χ1n) is 4.88. The van der Waals surface area contributed by atoms with Gasteiger partial charge in [0.15, 0.2) is 0 Å². The Labute approximate surface area is 83.3 Å². The lowest BCUT2D eigenvalue weighted by Gasteiger charge is -2.22. The Morgan fingerprint density at radius 2 is 2.00 bits per heavy atom. The minimum absolute atomic E-state index is 0.235. The van der Waals surface area contributed by atoms with E-state index in [-0.39, 0.29) is 6.10 Å². The highest BCUT2D eigenvalue weighted by Gasteiger charge is 2.16. The van der Waals surface area contributed by atoms with Crippen LogP contribution in [0.1, 0.15) is 18.5 Å². The summed E-state index contributed by atoms with van der Waals surface area (Å²) in [6, 6.07) is 0. The first-order chi connectivity index (χ1) is 6.86. The summed E-state index contributed by atoms with van der Waals surface area (Å²) in [5.41, 5.74) is 0.846. The summed E-state index contributed by atoms with van der Waals surface area (Å²) in [6.45, 7) is 3.47. The molecule has 0 spiro atoms. The van der Waals surface area contributed by atoms with Crippen molar-refractivity contribution in [1.82, 2.24) is 9.97 Å². The highest BCUT2D eigenvalue weighted by Crippen LogP contribution is 2.17. The van der Waals surface area contributed by atoms with E-state index in [0.717, 1.165) is 31.7 Å². The Kier molecular flexibility index (Phi) is 2.93. The van der Waals surface area contributed by atoms with Gasteiger partial charge in [-0.15, -0.1) is 0 Å². The van der Waals surface area contributed by atoms with Crippen molar-refractivity contribution < 1.29 is 9.47 Å². The lowest BCUT2D eigenvalue weighted by Crippen LogP contribution is -2.26.